The second-order valence-electron chi connectivity index (χ2n) is 5.10. The molecule has 1 atom stereocenters. The van der Waals surface area contributed by atoms with Crippen LogP contribution in [0.3, 0.4) is 0 Å². The maximum absolute atomic E-state index is 5.92. The number of ether oxygens (including phenoxy) is 2. The van der Waals surface area contributed by atoms with E-state index in [0.29, 0.717) is 19.1 Å². The molecule has 0 radical (unpaired) electrons. The lowest BCUT2D eigenvalue weighted by molar-refractivity contribution is 0.260. The van der Waals surface area contributed by atoms with Crippen LogP contribution < -0.4 is 15.2 Å². The Bertz CT molecular complexity index is 610. The van der Waals surface area contributed by atoms with Gasteiger partial charge in [-0.2, -0.15) is 0 Å². The summed E-state index contributed by atoms with van der Waals surface area (Å²) in [7, 11) is 1.65. The Morgan fingerprint density at radius 1 is 1.15 bits per heavy atom. The van der Waals surface area contributed by atoms with Crippen LogP contribution in [0.5, 0.6) is 11.5 Å². The lowest BCUT2D eigenvalue weighted by Gasteiger charge is -2.30. The van der Waals surface area contributed by atoms with Crippen LogP contribution in [0.4, 0.5) is 0 Å². The summed E-state index contributed by atoms with van der Waals surface area (Å²) in [6.45, 7) is 1.20. The Labute approximate surface area is 119 Å². The van der Waals surface area contributed by atoms with Gasteiger partial charge in [-0.3, -0.25) is 0 Å². The van der Waals surface area contributed by atoms with E-state index < -0.39 is 0 Å². The zero-order chi connectivity index (χ0) is 13.9. The Morgan fingerprint density at radius 2 is 2.00 bits per heavy atom. The molecule has 2 aromatic rings. The first-order valence-electron chi connectivity index (χ1n) is 6.89. The van der Waals surface area contributed by atoms with Gasteiger partial charge in [-0.15, -0.1) is 0 Å². The molecule has 1 aliphatic carbocycles. The van der Waals surface area contributed by atoms with Gasteiger partial charge in [0.15, 0.2) is 11.5 Å². The van der Waals surface area contributed by atoms with Crippen molar-refractivity contribution in [2.75, 3.05) is 13.7 Å². The van der Waals surface area contributed by atoms with Crippen LogP contribution in [0, 0.1) is 0 Å². The van der Waals surface area contributed by atoms with E-state index in [4.69, 9.17) is 15.2 Å². The minimum absolute atomic E-state index is 0.491. The summed E-state index contributed by atoms with van der Waals surface area (Å²) in [4.78, 5) is 0. The van der Waals surface area contributed by atoms with Crippen LogP contribution in [0.15, 0.2) is 42.5 Å². The molecule has 3 nitrogen and oxygen atoms in total. The molecule has 0 bridgehead atoms. The van der Waals surface area contributed by atoms with Gasteiger partial charge in [0, 0.05) is 12.5 Å². The summed E-state index contributed by atoms with van der Waals surface area (Å²) < 4.78 is 11.3. The Hall–Kier alpha value is -2.00. The molecule has 0 spiro atoms. The molecule has 3 rings (SSSR count). The molecule has 20 heavy (non-hydrogen) atoms. The molecule has 2 N–H and O–H groups in total. The summed E-state index contributed by atoms with van der Waals surface area (Å²) >= 11 is 0. The van der Waals surface area contributed by atoms with Crippen LogP contribution in [0.25, 0.3) is 0 Å². The number of hydrogen-bond donors (Lipinski definition) is 1. The highest BCUT2D eigenvalue weighted by Gasteiger charge is 2.26. The van der Waals surface area contributed by atoms with Crippen LogP contribution in [-0.4, -0.2) is 13.7 Å². The molecule has 0 aromatic heterocycles. The van der Waals surface area contributed by atoms with Crippen LogP contribution in [-0.2, 0) is 13.0 Å². The molecule has 0 amide bonds. The second kappa shape index (κ2) is 5.55. The second-order valence-corrected chi connectivity index (χ2v) is 5.10. The summed E-state index contributed by atoms with van der Waals surface area (Å²) in [6, 6.07) is 14.4. The number of nitrogens with two attached hydrogens (primary N) is 1. The SMILES string of the molecule is COc1cc(CN)ccc1OCC1Cc2ccccc21. The fraction of sp³-hybridized carbons (Fsp3) is 0.294. The van der Waals surface area contributed by atoms with Gasteiger partial charge in [0.1, 0.15) is 0 Å². The topological polar surface area (TPSA) is 44.5 Å². The van der Waals surface area contributed by atoms with Crippen molar-refractivity contribution in [1.29, 1.82) is 0 Å². The first-order chi connectivity index (χ1) is 9.81. The lowest BCUT2D eigenvalue weighted by atomic mass is 9.78. The van der Waals surface area contributed by atoms with E-state index in [1.807, 2.05) is 18.2 Å². The fourth-order valence-electron chi connectivity index (χ4n) is 2.66. The van der Waals surface area contributed by atoms with Gasteiger partial charge in [-0.1, -0.05) is 30.3 Å². The van der Waals surface area contributed by atoms with Crippen molar-refractivity contribution < 1.29 is 9.47 Å². The van der Waals surface area contributed by atoms with Crippen LogP contribution >= 0.6 is 0 Å². The van der Waals surface area contributed by atoms with E-state index in [1.54, 1.807) is 7.11 Å². The van der Waals surface area contributed by atoms with Crippen molar-refractivity contribution in [3.8, 4) is 11.5 Å². The van der Waals surface area contributed by atoms with E-state index in [1.165, 1.54) is 11.1 Å². The van der Waals surface area contributed by atoms with Gasteiger partial charge >= 0.3 is 0 Å². The van der Waals surface area contributed by atoms with E-state index in [0.717, 1.165) is 23.5 Å². The van der Waals surface area contributed by atoms with Crippen LogP contribution in [0.1, 0.15) is 22.6 Å². The number of methoxy groups -OCH3 is 1. The minimum Gasteiger partial charge on any atom is -0.493 e. The minimum atomic E-state index is 0.491. The van der Waals surface area contributed by atoms with Crippen molar-refractivity contribution in [2.24, 2.45) is 5.73 Å². The smallest absolute Gasteiger partial charge is 0.161 e. The zero-order valence-corrected chi connectivity index (χ0v) is 11.6. The Morgan fingerprint density at radius 3 is 2.75 bits per heavy atom. The van der Waals surface area contributed by atoms with Crippen molar-refractivity contribution in [1.82, 2.24) is 0 Å². The van der Waals surface area contributed by atoms with Gasteiger partial charge in [0.25, 0.3) is 0 Å². The lowest BCUT2D eigenvalue weighted by Crippen LogP contribution is -2.23. The van der Waals surface area contributed by atoms with Crippen molar-refractivity contribution in [3.63, 3.8) is 0 Å². The largest absolute Gasteiger partial charge is 0.493 e. The molecule has 0 heterocycles. The third kappa shape index (κ3) is 2.37. The van der Waals surface area contributed by atoms with Gasteiger partial charge in [-0.25, -0.2) is 0 Å². The molecule has 0 saturated carbocycles. The number of rotatable bonds is 5. The molecule has 0 saturated heterocycles. The molecule has 3 heteroatoms. The highest BCUT2D eigenvalue weighted by atomic mass is 16.5. The predicted octanol–water partition coefficient (Wildman–Crippen LogP) is 2.87. The molecule has 104 valence electrons. The predicted molar refractivity (Wildman–Crippen MR) is 79.3 cm³/mol. The van der Waals surface area contributed by atoms with Gasteiger partial charge in [-0.05, 0) is 35.2 Å². The summed E-state index contributed by atoms with van der Waals surface area (Å²) in [5, 5.41) is 0. The number of fused-ring (bicyclic) bond motifs is 1. The van der Waals surface area contributed by atoms with E-state index in [9.17, 15) is 0 Å². The molecule has 0 aliphatic heterocycles. The van der Waals surface area contributed by atoms with Gasteiger partial charge in [0.2, 0.25) is 0 Å². The normalized spacial score (nSPS) is 16.2. The highest BCUT2D eigenvalue weighted by molar-refractivity contribution is 5.44. The van der Waals surface area contributed by atoms with E-state index in [2.05, 4.69) is 24.3 Å². The fourth-order valence-corrected chi connectivity index (χ4v) is 2.66. The van der Waals surface area contributed by atoms with Crippen molar-refractivity contribution in [2.45, 2.75) is 18.9 Å². The Kier molecular flexibility index (Phi) is 3.61. The standard InChI is InChI=1S/C17H19NO2/c1-19-17-8-12(10-18)6-7-16(17)20-11-14-9-13-4-2-3-5-15(13)14/h2-8,14H,9-11,18H2,1H3. The van der Waals surface area contributed by atoms with E-state index in [-0.39, 0.29) is 0 Å². The van der Waals surface area contributed by atoms with Crippen molar-refractivity contribution >= 4 is 0 Å². The first-order valence-corrected chi connectivity index (χ1v) is 6.89. The van der Waals surface area contributed by atoms with E-state index >= 15 is 0 Å². The summed E-state index contributed by atoms with van der Waals surface area (Å²) in [6.07, 6.45) is 1.10. The molecular formula is C17H19NO2. The van der Waals surface area contributed by atoms with Crippen LogP contribution in [0.2, 0.25) is 0 Å². The monoisotopic (exact) mass is 269 g/mol. The highest BCUT2D eigenvalue weighted by Crippen LogP contribution is 2.36. The average molecular weight is 269 g/mol. The maximum atomic E-state index is 5.92. The molecular weight excluding hydrogens is 250 g/mol. The number of hydrogen-bond acceptors (Lipinski definition) is 3. The third-order valence-corrected chi connectivity index (χ3v) is 3.86. The Balaban J connectivity index is 1.68. The zero-order valence-electron chi connectivity index (χ0n) is 11.6. The summed E-state index contributed by atoms with van der Waals surface area (Å²) in [5.41, 5.74) is 9.52. The van der Waals surface area contributed by atoms with Crippen molar-refractivity contribution in [3.05, 3.63) is 59.2 Å². The average Bonchev–Trinajstić information content (AvgIpc) is 2.48. The summed E-state index contributed by atoms with van der Waals surface area (Å²) in [5.74, 6) is 2.03. The molecule has 0 fully saturated rings. The maximum Gasteiger partial charge on any atom is 0.161 e. The molecule has 1 aliphatic rings. The molecule has 2 aromatic carbocycles. The molecule has 1 unspecified atom stereocenters. The van der Waals surface area contributed by atoms with Gasteiger partial charge < -0.3 is 15.2 Å². The third-order valence-electron chi connectivity index (χ3n) is 3.86. The number of benzene rings is 2. The van der Waals surface area contributed by atoms with Gasteiger partial charge in [0.05, 0.1) is 13.7 Å². The quantitative estimate of drug-likeness (QED) is 0.907. The first kappa shape index (κ1) is 13.0.